The SMILES string of the molecule is CCn1ccc(-c2noc(-c3cnc4c(c3)CC(O)C(C)(C)O4)n2)n1. The molecule has 3 aromatic rings. The Labute approximate surface area is 144 Å². The highest BCUT2D eigenvalue weighted by molar-refractivity contribution is 5.58. The Hall–Kier alpha value is -2.74. The van der Waals surface area contributed by atoms with E-state index in [2.05, 4.69) is 20.2 Å². The van der Waals surface area contributed by atoms with Gasteiger partial charge in [0.25, 0.3) is 5.89 Å². The number of aliphatic hydroxyl groups excluding tert-OH is 1. The fraction of sp³-hybridized carbons (Fsp3) is 0.412. The summed E-state index contributed by atoms with van der Waals surface area (Å²) in [4.78, 5) is 8.74. The van der Waals surface area contributed by atoms with Crippen LogP contribution in [0.5, 0.6) is 5.88 Å². The smallest absolute Gasteiger partial charge is 0.259 e. The van der Waals surface area contributed by atoms with Gasteiger partial charge in [-0.25, -0.2) is 4.98 Å². The van der Waals surface area contributed by atoms with Gasteiger partial charge in [-0.3, -0.25) is 4.68 Å². The highest BCUT2D eigenvalue weighted by Crippen LogP contribution is 2.34. The molecule has 1 aliphatic heterocycles. The maximum Gasteiger partial charge on any atom is 0.259 e. The molecular formula is C17H19N5O3. The van der Waals surface area contributed by atoms with Gasteiger partial charge in [-0.2, -0.15) is 10.1 Å². The second-order valence-electron chi connectivity index (χ2n) is 6.59. The van der Waals surface area contributed by atoms with Crippen molar-refractivity contribution in [1.82, 2.24) is 24.9 Å². The highest BCUT2D eigenvalue weighted by Gasteiger charge is 2.36. The van der Waals surface area contributed by atoms with Gasteiger partial charge in [0.1, 0.15) is 11.3 Å². The van der Waals surface area contributed by atoms with Crippen molar-refractivity contribution < 1.29 is 14.4 Å². The number of aromatic nitrogens is 5. The molecule has 0 saturated heterocycles. The van der Waals surface area contributed by atoms with Crippen LogP contribution in [0.2, 0.25) is 0 Å². The van der Waals surface area contributed by atoms with Crippen molar-refractivity contribution in [2.45, 2.75) is 45.4 Å². The lowest BCUT2D eigenvalue weighted by Crippen LogP contribution is -2.46. The summed E-state index contributed by atoms with van der Waals surface area (Å²) in [6, 6.07) is 3.71. The third kappa shape index (κ3) is 2.78. The van der Waals surface area contributed by atoms with Crippen LogP contribution in [0.15, 0.2) is 29.0 Å². The van der Waals surface area contributed by atoms with Crippen LogP contribution in [0.1, 0.15) is 26.3 Å². The van der Waals surface area contributed by atoms with Gasteiger partial charge < -0.3 is 14.4 Å². The quantitative estimate of drug-likeness (QED) is 0.778. The van der Waals surface area contributed by atoms with Gasteiger partial charge >= 0.3 is 0 Å². The van der Waals surface area contributed by atoms with E-state index in [-0.39, 0.29) is 0 Å². The van der Waals surface area contributed by atoms with E-state index in [1.54, 1.807) is 10.9 Å². The number of hydrogen-bond donors (Lipinski definition) is 1. The van der Waals surface area contributed by atoms with Gasteiger partial charge in [0, 0.05) is 30.9 Å². The molecule has 1 unspecified atom stereocenters. The molecular weight excluding hydrogens is 322 g/mol. The largest absolute Gasteiger partial charge is 0.469 e. The van der Waals surface area contributed by atoms with Crippen molar-refractivity contribution >= 4 is 0 Å². The molecule has 0 bridgehead atoms. The molecule has 0 amide bonds. The number of pyridine rings is 1. The maximum absolute atomic E-state index is 10.2. The van der Waals surface area contributed by atoms with E-state index in [9.17, 15) is 5.11 Å². The van der Waals surface area contributed by atoms with Crippen LogP contribution >= 0.6 is 0 Å². The van der Waals surface area contributed by atoms with Crippen molar-refractivity contribution in [3.8, 4) is 28.9 Å². The monoisotopic (exact) mass is 341 g/mol. The number of rotatable bonds is 3. The number of hydrogen-bond acceptors (Lipinski definition) is 7. The van der Waals surface area contributed by atoms with Gasteiger partial charge in [0.15, 0.2) is 0 Å². The summed E-state index contributed by atoms with van der Waals surface area (Å²) >= 11 is 0. The van der Waals surface area contributed by atoms with Crippen LogP contribution in [-0.2, 0) is 13.0 Å². The predicted octanol–water partition coefficient (Wildman–Crippen LogP) is 2.09. The summed E-state index contributed by atoms with van der Waals surface area (Å²) in [5.74, 6) is 1.31. The first-order valence-corrected chi connectivity index (χ1v) is 8.20. The van der Waals surface area contributed by atoms with E-state index >= 15 is 0 Å². The van der Waals surface area contributed by atoms with E-state index in [0.29, 0.717) is 35.3 Å². The van der Waals surface area contributed by atoms with Crippen molar-refractivity contribution in [2.75, 3.05) is 0 Å². The first-order valence-electron chi connectivity index (χ1n) is 8.20. The normalized spacial score (nSPS) is 18.6. The molecule has 0 aliphatic carbocycles. The Kier molecular flexibility index (Phi) is 3.57. The van der Waals surface area contributed by atoms with Crippen molar-refractivity contribution in [3.63, 3.8) is 0 Å². The molecule has 0 fully saturated rings. The van der Waals surface area contributed by atoms with E-state index in [0.717, 1.165) is 12.1 Å². The first kappa shape index (κ1) is 15.8. The molecule has 0 spiro atoms. The topological polar surface area (TPSA) is 99.1 Å². The molecule has 0 radical (unpaired) electrons. The Morgan fingerprint density at radius 3 is 3.00 bits per heavy atom. The van der Waals surface area contributed by atoms with Crippen LogP contribution < -0.4 is 4.74 Å². The molecule has 0 aromatic carbocycles. The minimum atomic E-state index is -0.655. The first-order chi connectivity index (χ1) is 12.0. The van der Waals surface area contributed by atoms with E-state index in [1.807, 2.05) is 39.1 Å². The molecule has 1 aliphatic rings. The van der Waals surface area contributed by atoms with Crippen LogP contribution in [-0.4, -0.2) is 41.7 Å². The number of nitrogens with zero attached hydrogens (tertiary/aromatic N) is 5. The minimum Gasteiger partial charge on any atom is -0.469 e. The molecule has 4 heterocycles. The van der Waals surface area contributed by atoms with Crippen molar-refractivity contribution in [2.24, 2.45) is 0 Å². The maximum atomic E-state index is 10.2. The van der Waals surface area contributed by atoms with Crippen molar-refractivity contribution in [1.29, 1.82) is 0 Å². The zero-order chi connectivity index (χ0) is 17.6. The minimum absolute atomic E-state index is 0.357. The summed E-state index contributed by atoms with van der Waals surface area (Å²) in [7, 11) is 0. The lowest BCUT2D eigenvalue weighted by molar-refractivity contribution is -0.0442. The Morgan fingerprint density at radius 2 is 2.24 bits per heavy atom. The summed E-state index contributed by atoms with van der Waals surface area (Å²) in [5, 5.41) is 18.6. The standard InChI is InChI=1S/C17H19N5O3/c1-4-22-6-5-12(20-22)14-19-16(25-21-14)11-7-10-8-13(23)17(2,3)24-15(10)18-9-11/h5-7,9,13,23H,4,8H2,1-3H3. The number of aliphatic hydroxyl groups is 1. The Balaban J connectivity index is 1.64. The fourth-order valence-corrected chi connectivity index (χ4v) is 2.73. The lowest BCUT2D eigenvalue weighted by Gasteiger charge is -2.36. The third-order valence-corrected chi connectivity index (χ3v) is 4.37. The number of aryl methyl sites for hydroxylation is 1. The lowest BCUT2D eigenvalue weighted by atomic mass is 9.92. The van der Waals surface area contributed by atoms with Crippen LogP contribution in [0.3, 0.4) is 0 Å². The molecule has 25 heavy (non-hydrogen) atoms. The average Bonchev–Trinajstić information content (AvgIpc) is 3.24. The summed E-state index contributed by atoms with van der Waals surface area (Å²) < 4.78 is 12.9. The average molecular weight is 341 g/mol. The summed E-state index contributed by atoms with van der Waals surface area (Å²) in [5.41, 5.74) is 1.50. The van der Waals surface area contributed by atoms with Gasteiger partial charge in [-0.1, -0.05) is 5.16 Å². The predicted molar refractivity (Wildman–Crippen MR) is 88.8 cm³/mol. The van der Waals surface area contributed by atoms with E-state index in [4.69, 9.17) is 9.26 Å². The Bertz CT molecular complexity index is 915. The van der Waals surface area contributed by atoms with Gasteiger partial charge in [-0.15, -0.1) is 0 Å². The summed E-state index contributed by atoms with van der Waals surface area (Å²) in [6.45, 7) is 6.47. The van der Waals surface area contributed by atoms with Gasteiger partial charge in [0.2, 0.25) is 11.7 Å². The third-order valence-electron chi connectivity index (χ3n) is 4.37. The second kappa shape index (κ2) is 5.66. The molecule has 130 valence electrons. The molecule has 3 aromatic heterocycles. The van der Waals surface area contributed by atoms with E-state index < -0.39 is 11.7 Å². The Morgan fingerprint density at radius 1 is 1.40 bits per heavy atom. The zero-order valence-electron chi connectivity index (χ0n) is 14.3. The van der Waals surface area contributed by atoms with Gasteiger partial charge in [0.05, 0.1) is 11.7 Å². The molecule has 1 N–H and O–H groups in total. The van der Waals surface area contributed by atoms with Crippen LogP contribution in [0.4, 0.5) is 0 Å². The number of ether oxygens (including phenoxy) is 1. The van der Waals surface area contributed by atoms with E-state index in [1.165, 1.54) is 0 Å². The fourth-order valence-electron chi connectivity index (χ4n) is 2.73. The molecule has 0 saturated carbocycles. The zero-order valence-corrected chi connectivity index (χ0v) is 14.3. The van der Waals surface area contributed by atoms with Crippen LogP contribution in [0.25, 0.3) is 23.0 Å². The number of fused-ring (bicyclic) bond motifs is 1. The molecule has 8 heteroatoms. The van der Waals surface area contributed by atoms with Crippen molar-refractivity contribution in [3.05, 3.63) is 30.1 Å². The van der Waals surface area contributed by atoms with Gasteiger partial charge in [-0.05, 0) is 32.9 Å². The van der Waals surface area contributed by atoms with Crippen LogP contribution in [0, 0.1) is 0 Å². The molecule has 8 nitrogen and oxygen atoms in total. The molecule has 4 rings (SSSR count). The second-order valence-corrected chi connectivity index (χ2v) is 6.59. The highest BCUT2D eigenvalue weighted by atomic mass is 16.5. The molecule has 1 atom stereocenters. The summed E-state index contributed by atoms with van der Waals surface area (Å²) in [6.07, 6.45) is 3.36.